The summed E-state index contributed by atoms with van der Waals surface area (Å²) in [6, 6.07) is 0. The minimum atomic E-state index is -2.63. The Morgan fingerprint density at radius 3 is 2.00 bits per heavy atom. The zero-order valence-electron chi connectivity index (χ0n) is 8.97. The van der Waals surface area contributed by atoms with E-state index in [1.807, 2.05) is 0 Å². The molecule has 0 aromatic rings. The predicted octanol–water partition coefficient (Wildman–Crippen LogP) is -0.382. The van der Waals surface area contributed by atoms with Crippen molar-refractivity contribution in [2.24, 2.45) is 0 Å². The fraction of sp³-hybridized carbons (Fsp3) is 0.667. The molecule has 7 heteroatoms. The van der Waals surface area contributed by atoms with Gasteiger partial charge in [0.25, 0.3) is 0 Å². The van der Waals surface area contributed by atoms with E-state index in [9.17, 15) is 19.5 Å². The van der Waals surface area contributed by atoms with Gasteiger partial charge in [-0.05, 0) is 13.8 Å². The first kappa shape index (κ1) is 14.4. The summed E-state index contributed by atoms with van der Waals surface area (Å²) in [7, 11) is 0. The van der Waals surface area contributed by atoms with Gasteiger partial charge in [0.2, 0.25) is 0 Å². The van der Waals surface area contributed by atoms with Crippen LogP contribution in [0, 0.1) is 0 Å². The third-order valence-corrected chi connectivity index (χ3v) is 1.65. The Morgan fingerprint density at radius 2 is 1.69 bits per heavy atom. The van der Waals surface area contributed by atoms with Crippen LogP contribution >= 0.6 is 0 Å². The molecule has 0 aromatic heterocycles. The van der Waals surface area contributed by atoms with Gasteiger partial charge >= 0.3 is 17.9 Å². The van der Waals surface area contributed by atoms with Crippen molar-refractivity contribution in [3.63, 3.8) is 0 Å². The molecule has 0 heterocycles. The van der Waals surface area contributed by atoms with E-state index in [1.165, 1.54) is 0 Å². The zero-order valence-corrected chi connectivity index (χ0v) is 8.97. The molecule has 0 aromatic carbocycles. The van der Waals surface area contributed by atoms with E-state index >= 15 is 0 Å². The second kappa shape index (κ2) is 5.45. The van der Waals surface area contributed by atoms with Gasteiger partial charge in [0.15, 0.2) is 5.60 Å². The maximum Gasteiger partial charge on any atom is 0.336 e. The Hall–Kier alpha value is -1.63. The van der Waals surface area contributed by atoms with Crippen LogP contribution in [0.1, 0.15) is 26.7 Å². The number of carbonyl (C=O) groups excluding carboxylic acids is 1. The molecule has 0 radical (unpaired) electrons. The van der Waals surface area contributed by atoms with Crippen molar-refractivity contribution in [1.82, 2.24) is 0 Å². The highest BCUT2D eigenvalue weighted by atomic mass is 16.5. The highest BCUT2D eigenvalue weighted by Gasteiger charge is 2.41. The predicted molar refractivity (Wildman–Crippen MR) is 50.7 cm³/mol. The highest BCUT2D eigenvalue weighted by molar-refractivity contribution is 5.88. The number of aliphatic carboxylic acids is 2. The minimum Gasteiger partial charge on any atom is -0.481 e. The van der Waals surface area contributed by atoms with Crippen LogP contribution in [0.2, 0.25) is 0 Å². The second-order valence-corrected chi connectivity index (χ2v) is 3.62. The molecule has 0 spiro atoms. The monoisotopic (exact) mass is 234 g/mol. The van der Waals surface area contributed by atoms with Gasteiger partial charge in [-0.2, -0.15) is 0 Å². The summed E-state index contributed by atoms with van der Waals surface area (Å²) < 4.78 is 4.62. The molecule has 0 aliphatic heterocycles. The van der Waals surface area contributed by atoms with Crippen LogP contribution in [0.4, 0.5) is 0 Å². The first-order valence-electron chi connectivity index (χ1n) is 4.54. The topological polar surface area (TPSA) is 121 Å². The van der Waals surface area contributed by atoms with Crippen LogP contribution < -0.4 is 0 Å². The average Bonchev–Trinajstić information content (AvgIpc) is 1.98. The molecule has 0 aliphatic rings. The molecule has 0 aliphatic carbocycles. The molecule has 0 bridgehead atoms. The number of hydrogen-bond donors (Lipinski definition) is 3. The van der Waals surface area contributed by atoms with Gasteiger partial charge in [-0.1, -0.05) is 0 Å². The first-order chi connectivity index (χ1) is 7.17. The summed E-state index contributed by atoms with van der Waals surface area (Å²) in [4.78, 5) is 32.1. The lowest BCUT2D eigenvalue weighted by Crippen LogP contribution is -2.43. The Kier molecular flexibility index (Phi) is 4.90. The van der Waals surface area contributed by atoms with Crippen LogP contribution in [-0.2, 0) is 19.1 Å². The standard InChI is InChI=1S/C9H14O7/c1-5(2)16-7(12)4-9(15,8(13)14)3-6(10)11/h5,15H,3-4H2,1-2H3,(H,10,11)(H,13,14)/t9-/m1/s1. The molecule has 0 saturated heterocycles. The molecule has 92 valence electrons. The third-order valence-electron chi connectivity index (χ3n) is 1.65. The lowest BCUT2D eigenvalue weighted by molar-refractivity contribution is -0.173. The Bertz CT molecular complexity index is 296. The van der Waals surface area contributed by atoms with Crippen molar-refractivity contribution in [2.45, 2.75) is 38.4 Å². The lowest BCUT2D eigenvalue weighted by Gasteiger charge is -2.20. The third kappa shape index (κ3) is 4.74. The molecule has 0 fully saturated rings. The normalized spacial score (nSPS) is 14.2. The first-order valence-corrected chi connectivity index (χ1v) is 4.54. The fourth-order valence-corrected chi connectivity index (χ4v) is 1.01. The van der Waals surface area contributed by atoms with Crippen LogP contribution in [0.5, 0.6) is 0 Å². The lowest BCUT2D eigenvalue weighted by atomic mass is 9.96. The fourth-order valence-electron chi connectivity index (χ4n) is 1.01. The maximum absolute atomic E-state index is 11.1. The molecule has 0 amide bonds. The van der Waals surface area contributed by atoms with Crippen molar-refractivity contribution in [3.05, 3.63) is 0 Å². The largest absolute Gasteiger partial charge is 0.481 e. The van der Waals surface area contributed by atoms with Gasteiger partial charge in [0, 0.05) is 0 Å². The molecule has 1 atom stereocenters. The highest BCUT2D eigenvalue weighted by Crippen LogP contribution is 2.17. The summed E-state index contributed by atoms with van der Waals surface area (Å²) in [5, 5.41) is 26.5. The quantitative estimate of drug-likeness (QED) is 0.535. The number of aliphatic hydroxyl groups is 1. The summed E-state index contributed by atoms with van der Waals surface area (Å²) in [6.45, 7) is 3.10. The van der Waals surface area contributed by atoms with E-state index < -0.39 is 42.5 Å². The van der Waals surface area contributed by atoms with E-state index in [0.717, 1.165) is 0 Å². The van der Waals surface area contributed by atoms with Gasteiger partial charge in [-0.15, -0.1) is 0 Å². The van der Waals surface area contributed by atoms with E-state index in [2.05, 4.69) is 4.74 Å². The average molecular weight is 234 g/mol. The molecule has 0 rings (SSSR count). The van der Waals surface area contributed by atoms with Crippen LogP contribution in [0.3, 0.4) is 0 Å². The van der Waals surface area contributed by atoms with Crippen LogP contribution in [-0.4, -0.2) is 44.9 Å². The molecule has 16 heavy (non-hydrogen) atoms. The maximum atomic E-state index is 11.1. The smallest absolute Gasteiger partial charge is 0.336 e. The van der Waals surface area contributed by atoms with Gasteiger partial charge in [0.1, 0.15) is 0 Å². The molecule has 3 N–H and O–H groups in total. The van der Waals surface area contributed by atoms with E-state index in [0.29, 0.717) is 0 Å². The number of hydrogen-bond acceptors (Lipinski definition) is 5. The van der Waals surface area contributed by atoms with Crippen molar-refractivity contribution in [2.75, 3.05) is 0 Å². The minimum absolute atomic E-state index is 0.463. The summed E-state index contributed by atoms with van der Waals surface area (Å²) in [5.74, 6) is -4.24. The van der Waals surface area contributed by atoms with Crippen LogP contribution in [0.25, 0.3) is 0 Å². The van der Waals surface area contributed by atoms with E-state index in [-0.39, 0.29) is 0 Å². The SMILES string of the molecule is CC(C)OC(=O)C[C@](O)(CC(=O)O)C(=O)O. The number of esters is 1. The van der Waals surface area contributed by atoms with Crippen LogP contribution in [0.15, 0.2) is 0 Å². The van der Waals surface area contributed by atoms with Crippen molar-refractivity contribution in [3.8, 4) is 0 Å². The Balaban J connectivity index is 4.62. The molecule has 7 nitrogen and oxygen atoms in total. The molecule has 0 saturated carbocycles. The van der Waals surface area contributed by atoms with Gasteiger partial charge < -0.3 is 20.1 Å². The van der Waals surface area contributed by atoms with Crippen molar-refractivity contribution in [1.29, 1.82) is 0 Å². The second-order valence-electron chi connectivity index (χ2n) is 3.62. The zero-order chi connectivity index (χ0) is 12.9. The van der Waals surface area contributed by atoms with E-state index in [4.69, 9.17) is 10.2 Å². The summed E-state index contributed by atoms with van der Waals surface area (Å²) >= 11 is 0. The number of ether oxygens (including phenoxy) is 1. The van der Waals surface area contributed by atoms with Gasteiger partial charge in [-0.3, -0.25) is 9.59 Å². The summed E-state index contributed by atoms with van der Waals surface area (Å²) in [5.41, 5.74) is -2.63. The molecular formula is C9H14O7. The van der Waals surface area contributed by atoms with Crippen molar-refractivity contribution < 1.29 is 34.4 Å². The Morgan fingerprint density at radius 1 is 1.19 bits per heavy atom. The number of rotatable bonds is 6. The van der Waals surface area contributed by atoms with Gasteiger partial charge in [0.05, 0.1) is 18.9 Å². The summed E-state index contributed by atoms with van der Waals surface area (Å²) in [6.07, 6.45) is -2.42. The van der Waals surface area contributed by atoms with E-state index in [1.54, 1.807) is 13.8 Å². The molecule has 0 unspecified atom stereocenters. The number of carboxylic acids is 2. The van der Waals surface area contributed by atoms with Gasteiger partial charge in [-0.25, -0.2) is 4.79 Å². The molecular weight excluding hydrogens is 220 g/mol. The number of carboxylic acid groups (broad SMARTS) is 2. The number of carbonyl (C=O) groups is 3. The van der Waals surface area contributed by atoms with Crippen molar-refractivity contribution >= 4 is 17.9 Å². The Labute approximate surface area is 91.6 Å².